The van der Waals surface area contributed by atoms with Crippen LogP contribution in [0.4, 0.5) is 13.2 Å². The molecule has 1 heterocycles. The Morgan fingerprint density at radius 1 is 1.20 bits per heavy atom. The van der Waals surface area contributed by atoms with Gasteiger partial charge < -0.3 is 5.32 Å². The van der Waals surface area contributed by atoms with Crippen LogP contribution < -0.4 is 5.32 Å². The third-order valence-electron chi connectivity index (χ3n) is 3.15. The molecule has 1 unspecified atom stereocenters. The third-order valence-corrected chi connectivity index (χ3v) is 3.15. The fourth-order valence-electron chi connectivity index (χ4n) is 2.26. The van der Waals surface area contributed by atoms with E-state index in [9.17, 15) is 13.2 Å². The van der Waals surface area contributed by atoms with Gasteiger partial charge in [-0.1, -0.05) is 13.0 Å². The quantitative estimate of drug-likeness (QED) is 0.874. The molecule has 0 radical (unpaired) electrons. The molecule has 0 aliphatic heterocycles. The van der Waals surface area contributed by atoms with Crippen molar-refractivity contribution < 1.29 is 13.2 Å². The average Bonchev–Trinajstić information content (AvgIpc) is 2.73. The number of rotatable bonds is 4. The minimum Gasteiger partial charge on any atom is -0.306 e. The SMILES string of the molecule is CCNC(c1cn(C)nc1C)c1ccc(F)c(F)c1F. The minimum absolute atomic E-state index is 0.0712. The molecule has 2 aromatic rings. The summed E-state index contributed by atoms with van der Waals surface area (Å²) in [6.45, 7) is 4.20. The molecule has 0 bridgehead atoms. The summed E-state index contributed by atoms with van der Waals surface area (Å²) in [5, 5.41) is 7.27. The van der Waals surface area contributed by atoms with Gasteiger partial charge in [0.15, 0.2) is 17.5 Å². The van der Waals surface area contributed by atoms with Gasteiger partial charge in [0.25, 0.3) is 0 Å². The Bertz CT molecular complexity index is 622. The predicted octanol–water partition coefficient (Wildman–Crippen LogP) is 2.84. The second-order valence-corrected chi connectivity index (χ2v) is 4.60. The number of nitrogens with one attached hydrogen (secondary N) is 1. The maximum absolute atomic E-state index is 14.0. The van der Waals surface area contributed by atoms with Gasteiger partial charge in [-0.25, -0.2) is 13.2 Å². The number of halogens is 3. The zero-order valence-electron chi connectivity index (χ0n) is 11.5. The van der Waals surface area contributed by atoms with Gasteiger partial charge >= 0.3 is 0 Å². The van der Waals surface area contributed by atoms with E-state index in [1.54, 1.807) is 24.9 Å². The van der Waals surface area contributed by atoms with Crippen LogP contribution in [-0.2, 0) is 7.05 Å². The first kappa shape index (κ1) is 14.6. The van der Waals surface area contributed by atoms with E-state index in [4.69, 9.17) is 0 Å². The number of benzene rings is 1. The zero-order valence-corrected chi connectivity index (χ0v) is 11.5. The van der Waals surface area contributed by atoms with Crippen LogP contribution in [0.25, 0.3) is 0 Å². The molecule has 6 heteroatoms. The Morgan fingerprint density at radius 2 is 1.90 bits per heavy atom. The average molecular weight is 283 g/mol. The van der Waals surface area contributed by atoms with Crippen molar-refractivity contribution >= 4 is 0 Å². The minimum atomic E-state index is -1.45. The summed E-state index contributed by atoms with van der Waals surface area (Å²) in [4.78, 5) is 0. The van der Waals surface area contributed by atoms with E-state index in [0.29, 0.717) is 12.2 Å². The monoisotopic (exact) mass is 283 g/mol. The molecule has 0 amide bonds. The van der Waals surface area contributed by atoms with Crippen LogP contribution >= 0.6 is 0 Å². The topological polar surface area (TPSA) is 29.9 Å². The van der Waals surface area contributed by atoms with E-state index in [1.807, 2.05) is 6.92 Å². The summed E-state index contributed by atoms with van der Waals surface area (Å²) in [6.07, 6.45) is 1.74. The molecule has 1 atom stereocenters. The Hall–Kier alpha value is -1.82. The third kappa shape index (κ3) is 2.56. The maximum atomic E-state index is 14.0. The highest BCUT2D eigenvalue weighted by molar-refractivity contribution is 5.34. The van der Waals surface area contributed by atoms with Crippen LogP contribution in [0.1, 0.15) is 29.8 Å². The lowest BCUT2D eigenvalue weighted by molar-refractivity contribution is 0.433. The largest absolute Gasteiger partial charge is 0.306 e. The van der Waals surface area contributed by atoms with Crippen molar-refractivity contribution in [1.29, 1.82) is 0 Å². The summed E-state index contributed by atoms with van der Waals surface area (Å²) >= 11 is 0. The van der Waals surface area contributed by atoms with E-state index in [0.717, 1.165) is 11.6 Å². The molecule has 1 N–H and O–H groups in total. The number of hydrogen-bond acceptors (Lipinski definition) is 2. The molecule has 1 aromatic heterocycles. The highest BCUT2D eigenvalue weighted by Crippen LogP contribution is 2.28. The van der Waals surface area contributed by atoms with Gasteiger partial charge in [-0.05, 0) is 19.5 Å². The second kappa shape index (κ2) is 5.66. The summed E-state index contributed by atoms with van der Waals surface area (Å²) in [7, 11) is 1.75. The van der Waals surface area contributed by atoms with Gasteiger partial charge in [-0.15, -0.1) is 0 Å². The summed E-state index contributed by atoms with van der Waals surface area (Å²) < 4.78 is 42.0. The van der Waals surface area contributed by atoms with Crippen molar-refractivity contribution in [3.05, 3.63) is 52.6 Å². The fourth-order valence-corrected chi connectivity index (χ4v) is 2.26. The standard InChI is InChI=1S/C14H16F3N3/c1-4-18-14(10-7-20(3)19-8(10)2)9-5-6-11(15)13(17)12(9)16/h5-7,14,18H,4H2,1-3H3. The molecule has 108 valence electrons. The molecule has 0 saturated carbocycles. The van der Waals surface area contributed by atoms with Crippen molar-refractivity contribution in [1.82, 2.24) is 15.1 Å². The summed E-state index contributed by atoms with van der Waals surface area (Å²) in [5.41, 5.74) is 1.52. The lowest BCUT2D eigenvalue weighted by atomic mass is 9.98. The Morgan fingerprint density at radius 3 is 2.45 bits per heavy atom. The number of hydrogen-bond donors (Lipinski definition) is 1. The van der Waals surface area contributed by atoms with Gasteiger partial charge in [-0.3, -0.25) is 4.68 Å². The molecule has 0 aliphatic rings. The molecule has 20 heavy (non-hydrogen) atoms. The maximum Gasteiger partial charge on any atom is 0.194 e. The second-order valence-electron chi connectivity index (χ2n) is 4.60. The van der Waals surface area contributed by atoms with E-state index < -0.39 is 23.5 Å². The van der Waals surface area contributed by atoms with Crippen molar-refractivity contribution in [2.75, 3.05) is 6.54 Å². The normalized spacial score (nSPS) is 12.7. The van der Waals surface area contributed by atoms with Gasteiger partial charge in [-0.2, -0.15) is 5.10 Å². The van der Waals surface area contributed by atoms with E-state index >= 15 is 0 Å². The number of aromatic nitrogens is 2. The Kier molecular flexibility index (Phi) is 4.13. The first-order valence-electron chi connectivity index (χ1n) is 6.32. The number of aryl methyl sites for hydroxylation is 2. The Balaban J connectivity index is 2.54. The molecule has 1 aromatic carbocycles. The predicted molar refractivity (Wildman–Crippen MR) is 69.8 cm³/mol. The first-order valence-corrected chi connectivity index (χ1v) is 6.32. The lowest BCUT2D eigenvalue weighted by Crippen LogP contribution is -2.24. The number of nitrogens with zero attached hydrogens (tertiary/aromatic N) is 2. The lowest BCUT2D eigenvalue weighted by Gasteiger charge is -2.19. The molecule has 0 fully saturated rings. The van der Waals surface area contributed by atoms with E-state index in [2.05, 4.69) is 10.4 Å². The molecular weight excluding hydrogens is 267 g/mol. The van der Waals surface area contributed by atoms with Gasteiger partial charge in [0, 0.05) is 24.4 Å². The molecular formula is C14H16F3N3. The smallest absolute Gasteiger partial charge is 0.194 e. The summed E-state index contributed by atoms with van der Waals surface area (Å²) in [6, 6.07) is 1.63. The molecule has 0 saturated heterocycles. The van der Waals surface area contributed by atoms with Crippen molar-refractivity contribution in [3.63, 3.8) is 0 Å². The molecule has 2 rings (SSSR count). The Labute approximate surface area is 115 Å². The van der Waals surface area contributed by atoms with Crippen molar-refractivity contribution in [2.24, 2.45) is 7.05 Å². The van der Waals surface area contributed by atoms with Gasteiger partial charge in [0.1, 0.15) is 0 Å². The molecule has 0 spiro atoms. The van der Waals surface area contributed by atoms with Crippen LogP contribution in [0.5, 0.6) is 0 Å². The van der Waals surface area contributed by atoms with Crippen LogP contribution in [0.2, 0.25) is 0 Å². The zero-order chi connectivity index (χ0) is 14.9. The fraction of sp³-hybridized carbons (Fsp3) is 0.357. The van der Waals surface area contributed by atoms with Crippen molar-refractivity contribution in [2.45, 2.75) is 19.9 Å². The highest BCUT2D eigenvalue weighted by atomic mass is 19.2. The van der Waals surface area contributed by atoms with E-state index in [1.165, 1.54) is 6.07 Å². The van der Waals surface area contributed by atoms with Crippen LogP contribution in [0.15, 0.2) is 18.3 Å². The molecule has 3 nitrogen and oxygen atoms in total. The first-order chi connectivity index (χ1) is 9.45. The van der Waals surface area contributed by atoms with Gasteiger partial charge in [0.05, 0.1) is 11.7 Å². The van der Waals surface area contributed by atoms with Crippen molar-refractivity contribution in [3.8, 4) is 0 Å². The molecule has 0 aliphatic carbocycles. The van der Waals surface area contributed by atoms with Crippen LogP contribution in [0.3, 0.4) is 0 Å². The highest BCUT2D eigenvalue weighted by Gasteiger charge is 2.24. The van der Waals surface area contributed by atoms with Crippen LogP contribution in [-0.4, -0.2) is 16.3 Å². The van der Waals surface area contributed by atoms with Gasteiger partial charge in [0.2, 0.25) is 0 Å². The summed E-state index contributed by atoms with van der Waals surface area (Å²) in [5.74, 6) is -3.81. The van der Waals surface area contributed by atoms with E-state index in [-0.39, 0.29) is 5.56 Å². The van der Waals surface area contributed by atoms with Crippen LogP contribution in [0, 0.1) is 24.4 Å².